The van der Waals surface area contributed by atoms with Crippen LogP contribution < -0.4 is 5.32 Å². The molecule has 0 spiro atoms. The van der Waals surface area contributed by atoms with Gasteiger partial charge < -0.3 is 10.1 Å². The first-order valence-electron chi connectivity index (χ1n) is 8.05. The first-order valence-corrected chi connectivity index (χ1v) is 8.05. The normalized spacial score (nSPS) is 22.5. The van der Waals surface area contributed by atoms with Crippen molar-refractivity contribution in [3.63, 3.8) is 0 Å². The Labute approximate surface area is 126 Å². The molecule has 0 saturated heterocycles. The smallest absolute Gasteiger partial charge is 0.0891 e. The molecule has 0 atom stereocenters. The molecule has 3 nitrogen and oxygen atoms in total. The van der Waals surface area contributed by atoms with Gasteiger partial charge in [-0.1, -0.05) is 31.2 Å². The highest BCUT2D eigenvalue weighted by molar-refractivity contribution is 5.78. The van der Waals surface area contributed by atoms with E-state index < -0.39 is 0 Å². The first-order chi connectivity index (χ1) is 10.3. The summed E-state index contributed by atoms with van der Waals surface area (Å²) in [6, 6.07) is 13.1. The summed E-state index contributed by atoms with van der Waals surface area (Å²) in [4.78, 5) is 4.67. The maximum atomic E-state index is 6.05. The molecule has 1 aromatic heterocycles. The fourth-order valence-electron chi connectivity index (χ4n) is 3.11. The molecule has 21 heavy (non-hydrogen) atoms. The molecule has 1 saturated carbocycles. The minimum Gasteiger partial charge on any atom is -0.372 e. The Morgan fingerprint density at radius 2 is 1.90 bits per heavy atom. The number of rotatable bonds is 5. The highest BCUT2D eigenvalue weighted by Gasteiger charge is 2.20. The van der Waals surface area contributed by atoms with Gasteiger partial charge in [0.1, 0.15) is 0 Å². The highest BCUT2D eigenvalue weighted by Crippen LogP contribution is 2.22. The molecule has 3 heteroatoms. The van der Waals surface area contributed by atoms with Crippen LogP contribution >= 0.6 is 0 Å². The molecule has 1 fully saturated rings. The van der Waals surface area contributed by atoms with Gasteiger partial charge in [-0.15, -0.1) is 0 Å². The van der Waals surface area contributed by atoms with Gasteiger partial charge in [-0.2, -0.15) is 0 Å². The van der Waals surface area contributed by atoms with E-state index >= 15 is 0 Å². The summed E-state index contributed by atoms with van der Waals surface area (Å²) >= 11 is 0. The molecular formula is C18H24N2O. The van der Waals surface area contributed by atoms with E-state index in [1.807, 2.05) is 12.1 Å². The van der Waals surface area contributed by atoms with Gasteiger partial charge in [0.25, 0.3) is 0 Å². The van der Waals surface area contributed by atoms with Gasteiger partial charge in [0.2, 0.25) is 0 Å². The number of nitrogens with zero attached hydrogens (tertiary/aromatic N) is 1. The van der Waals surface area contributed by atoms with Crippen LogP contribution in [-0.4, -0.2) is 23.7 Å². The Morgan fingerprint density at radius 1 is 1.10 bits per heavy atom. The third-order valence-corrected chi connectivity index (χ3v) is 4.29. The van der Waals surface area contributed by atoms with Crippen LogP contribution in [0.25, 0.3) is 10.9 Å². The molecule has 0 bridgehead atoms. The largest absolute Gasteiger partial charge is 0.372 e. The van der Waals surface area contributed by atoms with E-state index in [0.717, 1.165) is 30.6 Å². The quantitative estimate of drug-likeness (QED) is 0.909. The maximum Gasteiger partial charge on any atom is 0.0891 e. The summed E-state index contributed by atoms with van der Waals surface area (Å²) in [5.74, 6) is 0. The van der Waals surface area contributed by atoms with Crippen molar-refractivity contribution in [3.8, 4) is 0 Å². The Morgan fingerprint density at radius 3 is 2.71 bits per heavy atom. The molecule has 1 heterocycles. The van der Waals surface area contributed by atoms with Crippen molar-refractivity contribution in [1.82, 2.24) is 10.3 Å². The van der Waals surface area contributed by atoms with E-state index in [1.54, 1.807) is 0 Å². The topological polar surface area (TPSA) is 34.1 Å². The van der Waals surface area contributed by atoms with Crippen LogP contribution in [0.15, 0.2) is 36.4 Å². The van der Waals surface area contributed by atoms with Crippen LogP contribution in [-0.2, 0) is 11.3 Å². The van der Waals surface area contributed by atoms with Gasteiger partial charge in [-0.05, 0) is 44.4 Å². The summed E-state index contributed by atoms with van der Waals surface area (Å²) in [5, 5.41) is 4.72. The van der Waals surface area contributed by atoms with Crippen LogP contribution in [0.1, 0.15) is 38.3 Å². The maximum absolute atomic E-state index is 6.05. The zero-order valence-corrected chi connectivity index (χ0v) is 12.7. The number of hydrogen-bond donors (Lipinski definition) is 1. The Hall–Kier alpha value is -1.45. The summed E-state index contributed by atoms with van der Waals surface area (Å²) in [5.41, 5.74) is 2.08. The second-order valence-electron chi connectivity index (χ2n) is 5.84. The van der Waals surface area contributed by atoms with Crippen molar-refractivity contribution in [2.75, 3.05) is 6.54 Å². The average molecular weight is 284 g/mol. The van der Waals surface area contributed by atoms with Gasteiger partial charge in [0, 0.05) is 11.4 Å². The number of aromatic nitrogens is 1. The van der Waals surface area contributed by atoms with E-state index in [1.165, 1.54) is 18.2 Å². The zero-order valence-electron chi connectivity index (χ0n) is 12.7. The van der Waals surface area contributed by atoms with Crippen molar-refractivity contribution >= 4 is 10.9 Å². The molecule has 0 aliphatic heterocycles. The number of hydrogen-bond acceptors (Lipinski definition) is 3. The van der Waals surface area contributed by atoms with Crippen molar-refractivity contribution in [1.29, 1.82) is 0 Å². The third-order valence-electron chi connectivity index (χ3n) is 4.29. The Bertz CT molecular complexity index is 576. The number of nitrogens with one attached hydrogen (secondary N) is 1. The monoisotopic (exact) mass is 284 g/mol. The minimum atomic E-state index is 0.396. The highest BCUT2D eigenvalue weighted by atomic mass is 16.5. The van der Waals surface area contributed by atoms with E-state index in [4.69, 9.17) is 4.74 Å². The molecule has 3 rings (SSSR count). The Balaban J connectivity index is 1.52. The molecule has 0 amide bonds. The zero-order chi connectivity index (χ0) is 14.5. The second kappa shape index (κ2) is 7.01. The molecule has 0 unspecified atom stereocenters. The lowest BCUT2D eigenvalue weighted by molar-refractivity contribution is 0.0100. The SMILES string of the molecule is CCNC1CCC(OCc2ccc3ccccc3n2)CC1. The molecular weight excluding hydrogens is 260 g/mol. The number of fused-ring (bicyclic) bond motifs is 1. The fourth-order valence-corrected chi connectivity index (χ4v) is 3.11. The predicted molar refractivity (Wildman–Crippen MR) is 86.3 cm³/mol. The van der Waals surface area contributed by atoms with Crippen LogP contribution in [0.2, 0.25) is 0 Å². The summed E-state index contributed by atoms with van der Waals surface area (Å²) in [7, 11) is 0. The van der Waals surface area contributed by atoms with Gasteiger partial charge in [-0.25, -0.2) is 0 Å². The number of ether oxygens (including phenoxy) is 1. The number of para-hydroxylation sites is 1. The van der Waals surface area contributed by atoms with Crippen LogP contribution in [0.3, 0.4) is 0 Å². The van der Waals surface area contributed by atoms with Crippen LogP contribution in [0, 0.1) is 0 Å². The average Bonchev–Trinajstić information content (AvgIpc) is 2.54. The summed E-state index contributed by atoms with van der Waals surface area (Å²) in [6.07, 6.45) is 5.16. The molecule has 112 valence electrons. The summed E-state index contributed by atoms with van der Waals surface area (Å²) < 4.78 is 6.05. The first kappa shape index (κ1) is 14.5. The third kappa shape index (κ3) is 3.80. The lowest BCUT2D eigenvalue weighted by Gasteiger charge is -2.28. The number of pyridine rings is 1. The van der Waals surface area contributed by atoms with Gasteiger partial charge in [-0.3, -0.25) is 4.98 Å². The molecule has 1 aromatic carbocycles. The molecule has 1 N–H and O–H groups in total. The van der Waals surface area contributed by atoms with E-state index in [0.29, 0.717) is 18.8 Å². The molecule has 1 aliphatic carbocycles. The van der Waals surface area contributed by atoms with E-state index in [-0.39, 0.29) is 0 Å². The van der Waals surface area contributed by atoms with E-state index in [9.17, 15) is 0 Å². The summed E-state index contributed by atoms with van der Waals surface area (Å²) in [6.45, 7) is 3.87. The van der Waals surface area contributed by atoms with Gasteiger partial charge in [0.15, 0.2) is 0 Å². The fraction of sp³-hybridized carbons (Fsp3) is 0.500. The van der Waals surface area contributed by atoms with Gasteiger partial charge >= 0.3 is 0 Å². The molecule has 2 aromatic rings. The van der Waals surface area contributed by atoms with Crippen molar-refractivity contribution < 1.29 is 4.74 Å². The van der Waals surface area contributed by atoms with Crippen LogP contribution in [0.5, 0.6) is 0 Å². The number of benzene rings is 1. The molecule has 0 radical (unpaired) electrons. The van der Waals surface area contributed by atoms with Gasteiger partial charge in [0.05, 0.1) is 23.9 Å². The standard InChI is InChI=1S/C18H24N2O/c1-2-19-15-9-11-17(12-10-15)21-13-16-8-7-14-5-3-4-6-18(14)20-16/h3-8,15,17,19H,2,9-13H2,1H3. The van der Waals surface area contributed by atoms with Crippen molar-refractivity contribution in [3.05, 3.63) is 42.1 Å². The predicted octanol–water partition coefficient (Wildman–Crippen LogP) is 3.67. The van der Waals surface area contributed by atoms with Crippen molar-refractivity contribution in [2.24, 2.45) is 0 Å². The van der Waals surface area contributed by atoms with Crippen molar-refractivity contribution in [2.45, 2.75) is 51.4 Å². The Kier molecular flexibility index (Phi) is 4.84. The molecule has 1 aliphatic rings. The second-order valence-corrected chi connectivity index (χ2v) is 5.84. The lowest BCUT2D eigenvalue weighted by atomic mass is 9.93. The lowest BCUT2D eigenvalue weighted by Crippen LogP contribution is -2.35. The van der Waals surface area contributed by atoms with Crippen LogP contribution in [0.4, 0.5) is 0 Å². The van der Waals surface area contributed by atoms with E-state index in [2.05, 4.69) is 41.5 Å². The minimum absolute atomic E-state index is 0.396.